The van der Waals surface area contributed by atoms with Crippen molar-refractivity contribution in [2.24, 2.45) is 0 Å². The van der Waals surface area contributed by atoms with E-state index in [1.54, 1.807) is 0 Å². The summed E-state index contributed by atoms with van der Waals surface area (Å²) in [6.07, 6.45) is 0. The molecule has 1 aliphatic rings. The predicted molar refractivity (Wildman–Crippen MR) is 104 cm³/mol. The van der Waals surface area contributed by atoms with Gasteiger partial charge in [-0.3, -0.25) is 19.3 Å². The zero-order chi connectivity index (χ0) is 19.9. The van der Waals surface area contributed by atoms with Gasteiger partial charge in [-0.2, -0.15) is 0 Å². The van der Waals surface area contributed by atoms with E-state index >= 15 is 0 Å². The van der Waals surface area contributed by atoms with Crippen LogP contribution in [-0.2, 0) is 4.79 Å². The number of fused-ring (bicyclic) bond motifs is 1. The number of amides is 3. The first-order valence-electron chi connectivity index (χ1n) is 8.40. The van der Waals surface area contributed by atoms with Gasteiger partial charge in [-0.05, 0) is 44.0 Å². The third kappa shape index (κ3) is 3.70. The molecule has 1 unspecified atom stereocenters. The molecule has 2 aromatic carbocycles. The van der Waals surface area contributed by atoms with Crippen molar-refractivity contribution < 1.29 is 14.4 Å². The highest BCUT2D eigenvalue weighted by Gasteiger charge is 2.37. The second-order valence-electron chi connectivity index (χ2n) is 6.66. The van der Waals surface area contributed by atoms with Gasteiger partial charge in [0, 0.05) is 0 Å². The first kappa shape index (κ1) is 19.4. The molecule has 2 aromatic rings. The molecule has 1 atom stereocenters. The molecule has 0 fully saturated rings. The first-order chi connectivity index (χ1) is 12.7. The van der Waals surface area contributed by atoms with Crippen LogP contribution in [0.2, 0.25) is 10.0 Å². The van der Waals surface area contributed by atoms with Gasteiger partial charge < -0.3 is 5.32 Å². The normalized spacial score (nSPS) is 14.3. The summed E-state index contributed by atoms with van der Waals surface area (Å²) in [5.41, 5.74) is 3.45. The fourth-order valence-corrected chi connectivity index (χ4v) is 3.49. The Morgan fingerprint density at radius 1 is 1.04 bits per heavy atom. The van der Waals surface area contributed by atoms with E-state index in [0.717, 1.165) is 21.6 Å². The van der Waals surface area contributed by atoms with Crippen LogP contribution in [0, 0.1) is 13.8 Å². The van der Waals surface area contributed by atoms with Gasteiger partial charge in [-0.25, -0.2) is 0 Å². The molecule has 3 rings (SSSR count). The van der Waals surface area contributed by atoms with Gasteiger partial charge in [-0.15, -0.1) is 0 Å². The lowest BCUT2D eigenvalue weighted by Gasteiger charge is -2.19. The average Bonchev–Trinajstić information content (AvgIpc) is 2.82. The van der Waals surface area contributed by atoms with Crippen LogP contribution in [0.15, 0.2) is 30.3 Å². The number of aryl methyl sites for hydroxylation is 2. The molecular weight excluding hydrogens is 387 g/mol. The molecule has 0 saturated carbocycles. The van der Waals surface area contributed by atoms with Gasteiger partial charge in [-0.1, -0.05) is 47.0 Å². The zero-order valence-electron chi connectivity index (χ0n) is 15.1. The Hall–Kier alpha value is -2.37. The molecule has 0 bridgehead atoms. The number of hydrogen-bond acceptors (Lipinski definition) is 3. The standard InChI is InChI=1S/C20H18Cl2N2O3/c1-10-4-5-11(2)13(6-10)12(3)23-18(25)9-24-19(26)14-7-16(21)17(22)8-15(14)20(24)27/h4-8,12H,9H2,1-3H3,(H,23,25). The van der Waals surface area contributed by atoms with Crippen molar-refractivity contribution in [1.82, 2.24) is 10.2 Å². The maximum absolute atomic E-state index is 12.5. The minimum Gasteiger partial charge on any atom is -0.348 e. The molecule has 0 radical (unpaired) electrons. The molecular formula is C20H18Cl2N2O3. The lowest BCUT2D eigenvalue weighted by molar-refractivity contribution is -0.122. The average molecular weight is 405 g/mol. The fraction of sp³-hybridized carbons (Fsp3) is 0.250. The smallest absolute Gasteiger partial charge is 0.262 e. The predicted octanol–water partition coefficient (Wildman–Crippen LogP) is 4.08. The van der Waals surface area contributed by atoms with Gasteiger partial charge >= 0.3 is 0 Å². The zero-order valence-corrected chi connectivity index (χ0v) is 16.6. The summed E-state index contributed by atoms with van der Waals surface area (Å²) in [7, 11) is 0. The van der Waals surface area contributed by atoms with Crippen LogP contribution < -0.4 is 5.32 Å². The third-order valence-corrected chi connectivity index (χ3v) is 5.31. The Morgan fingerprint density at radius 2 is 1.59 bits per heavy atom. The number of benzene rings is 2. The van der Waals surface area contributed by atoms with Gasteiger partial charge in [0.2, 0.25) is 5.91 Å². The quantitative estimate of drug-likeness (QED) is 0.780. The highest BCUT2D eigenvalue weighted by Crippen LogP contribution is 2.31. The van der Waals surface area contributed by atoms with Crippen LogP contribution in [0.4, 0.5) is 0 Å². The topological polar surface area (TPSA) is 66.5 Å². The summed E-state index contributed by atoms with van der Waals surface area (Å²) in [5.74, 6) is -1.53. The Kier molecular flexibility index (Phi) is 5.27. The van der Waals surface area contributed by atoms with E-state index in [2.05, 4.69) is 5.32 Å². The van der Waals surface area contributed by atoms with Crippen LogP contribution in [-0.4, -0.2) is 29.2 Å². The van der Waals surface area contributed by atoms with E-state index in [1.807, 2.05) is 39.0 Å². The van der Waals surface area contributed by atoms with E-state index in [-0.39, 0.29) is 33.8 Å². The van der Waals surface area contributed by atoms with Gasteiger partial charge in [0.1, 0.15) is 6.54 Å². The largest absolute Gasteiger partial charge is 0.348 e. The first-order valence-corrected chi connectivity index (χ1v) is 9.16. The molecule has 0 spiro atoms. The summed E-state index contributed by atoms with van der Waals surface area (Å²) in [4.78, 5) is 38.3. The summed E-state index contributed by atoms with van der Waals surface area (Å²) in [6.45, 7) is 5.44. The lowest BCUT2D eigenvalue weighted by Crippen LogP contribution is -2.41. The van der Waals surface area contributed by atoms with Crippen LogP contribution in [0.25, 0.3) is 0 Å². The third-order valence-electron chi connectivity index (χ3n) is 4.59. The van der Waals surface area contributed by atoms with Crippen LogP contribution in [0.1, 0.15) is 50.4 Å². The van der Waals surface area contributed by atoms with E-state index in [0.29, 0.717) is 0 Å². The van der Waals surface area contributed by atoms with Crippen molar-refractivity contribution in [3.8, 4) is 0 Å². The second kappa shape index (κ2) is 7.33. The van der Waals surface area contributed by atoms with Crippen molar-refractivity contribution >= 4 is 40.9 Å². The summed E-state index contributed by atoms with van der Waals surface area (Å²) in [6, 6.07) is 8.46. The molecule has 27 heavy (non-hydrogen) atoms. The van der Waals surface area contributed by atoms with E-state index < -0.39 is 17.7 Å². The van der Waals surface area contributed by atoms with Crippen molar-refractivity contribution in [2.45, 2.75) is 26.8 Å². The Bertz CT molecular complexity index is 931. The molecule has 140 valence electrons. The number of nitrogens with zero attached hydrogens (tertiary/aromatic N) is 1. The number of rotatable bonds is 4. The maximum Gasteiger partial charge on any atom is 0.262 e. The minimum atomic E-state index is -0.553. The highest BCUT2D eigenvalue weighted by atomic mass is 35.5. The monoisotopic (exact) mass is 404 g/mol. The molecule has 0 aromatic heterocycles. The molecule has 0 saturated heterocycles. The number of hydrogen-bond donors (Lipinski definition) is 1. The Morgan fingerprint density at radius 3 is 2.15 bits per heavy atom. The van der Waals surface area contributed by atoms with Gasteiger partial charge in [0.15, 0.2) is 0 Å². The summed E-state index contributed by atoms with van der Waals surface area (Å²) < 4.78 is 0. The van der Waals surface area contributed by atoms with E-state index in [4.69, 9.17) is 23.2 Å². The van der Waals surface area contributed by atoms with Gasteiger partial charge in [0.25, 0.3) is 11.8 Å². The van der Waals surface area contributed by atoms with Crippen LogP contribution in [0.5, 0.6) is 0 Å². The van der Waals surface area contributed by atoms with Crippen LogP contribution in [0.3, 0.4) is 0 Å². The number of nitrogens with one attached hydrogen (secondary N) is 1. The molecule has 7 heteroatoms. The van der Waals surface area contributed by atoms with E-state index in [9.17, 15) is 14.4 Å². The number of imide groups is 1. The fourth-order valence-electron chi connectivity index (χ4n) is 3.16. The second-order valence-corrected chi connectivity index (χ2v) is 7.47. The molecule has 3 amide bonds. The minimum absolute atomic E-state index is 0.157. The SMILES string of the molecule is Cc1ccc(C)c(C(C)NC(=O)CN2C(=O)c3cc(Cl)c(Cl)cc3C2=O)c1. The molecule has 1 N–H and O–H groups in total. The highest BCUT2D eigenvalue weighted by molar-refractivity contribution is 6.43. The maximum atomic E-state index is 12.5. The molecule has 1 heterocycles. The molecule has 5 nitrogen and oxygen atoms in total. The summed E-state index contributed by atoms with van der Waals surface area (Å²) >= 11 is 11.9. The molecule has 0 aliphatic carbocycles. The lowest BCUT2D eigenvalue weighted by atomic mass is 10.00. The van der Waals surface area contributed by atoms with Crippen LogP contribution >= 0.6 is 23.2 Å². The van der Waals surface area contributed by atoms with Crippen molar-refractivity contribution in [3.63, 3.8) is 0 Å². The summed E-state index contributed by atoms with van der Waals surface area (Å²) in [5, 5.41) is 3.22. The number of halogens is 2. The Balaban J connectivity index is 1.74. The van der Waals surface area contributed by atoms with Crippen molar-refractivity contribution in [2.75, 3.05) is 6.54 Å². The van der Waals surface area contributed by atoms with Crippen molar-refractivity contribution in [3.05, 3.63) is 68.2 Å². The van der Waals surface area contributed by atoms with Gasteiger partial charge in [0.05, 0.1) is 27.2 Å². The Labute approximate surface area is 167 Å². The number of carbonyl (C=O) groups excluding carboxylic acids is 3. The molecule has 1 aliphatic heterocycles. The number of carbonyl (C=O) groups is 3. The van der Waals surface area contributed by atoms with E-state index in [1.165, 1.54) is 12.1 Å². The van der Waals surface area contributed by atoms with Crippen molar-refractivity contribution in [1.29, 1.82) is 0 Å².